The van der Waals surface area contributed by atoms with E-state index in [4.69, 9.17) is 10.8 Å². The number of carboxylic acids is 1. The van der Waals surface area contributed by atoms with Crippen LogP contribution in [0.3, 0.4) is 0 Å². The minimum Gasteiger partial charge on any atom is -0.478 e. The van der Waals surface area contributed by atoms with Gasteiger partial charge in [0.25, 0.3) is 0 Å². The van der Waals surface area contributed by atoms with E-state index < -0.39 is 24.7 Å². The fraction of sp³-hybridized carbons (Fsp3) is 0.417. The number of carbonyl (C=O) groups is 1. The summed E-state index contributed by atoms with van der Waals surface area (Å²) in [6, 6.07) is 3.55. The van der Waals surface area contributed by atoms with E-state index in [9.17, 15) is 18.0 Å². The van der Waals surface area contributed by atoms with Gasteiger partial charge in [0.2, 0.25) is 0 Å². The third-order valence-corrected chi connectivity index (χ3v) is 2.60. The van der Waals surface area contributed by atoms with E-state index in [-0.39, 0.29) is 16.9 Å². The van der Waals surface area contributed by atoms with Crippen LogP contribution in [0.4, 0.5) is 24.5 Å². The quantitative estimate of drug-likeness (QED) is 0.830. The second-order valence-corrected chi connectivity index (χ2v) is 4.38. The van der Waals surface area contributed by atoms with Crippen molar-refractivity contribution in [2.45, 2.75) is 26.1 Å². The number of nitrogens with two attached hydrogens (primary N) is 1. The molecular weight excluding hydrogens is 261 g/mol. The van der Waals surface area contributed by atoms with Gasteiger partial charge in [-0.15, -0.1) is 0 Å². The predicted octanol–water partition coefficient (Wildman–Crippen LogP) is 2.74. The van der Waals surface area contributed by atoms with Crippen LogP contribution < -0.4 is 10.6 Å². The molecule has 0 aliphatic rings. The first kappa shape index (κ1) is 15.1. The number of rotatable bonds is 4. The largest absolute Gasteiger partial charge is 0.478 e. The van der Waals surface area contributed by atoms with E-state index >= 15 is 0 Å². The molecule has 0 fully saturated rings. The van der Waals surface area contributed by atoms with Crippen molar-refractivity contribution in [2.75, 3.05) is 17.2 Å². The van der Waals surface area contributed by atoms with Gasteiger partial charge in [-0.2, -0.15) is 13.2 Å². The van der Waals surface area contributed by atoms with Gasteiger partial charge >= 0.3 is 12.1 Å². The second kappa shape index (κ2) is 5.38. The summed E-state index contributed by atoms with van der Waals surface area (Å²) in [5, 5.41) is 8.92. The van der Waals surface area contributed by atoms with Crippen molar-refractivity contribution < 1.29 is 23.1 Å². The summed E-state index contributed by atoms with van der Waals surface area (Å²) in [4.78, 5) is 12.0. The third kappa shape index (κ3) is 3.77. The van der Waals surface area contributed by atoms with Crippen molar-refractivity contribution in [2.24, 2.45) is 0 Å². The Morgan fingerprint density at radius 2 is 2.00 bits per heavy atom. The lowest BCUT2D eigenvalue weighted by Gasteiger charge is -2.31. The van der Waals surface area contributed by atoms with Gasteiger partial charge in [0.15, 0.2) is 0 Å². The summed E-state index contributed by atoms with van der Waals surface area (Å²) in [6.45, 7) is 1.98. The third-order valence-electron chi connectivity index (χ3n) is 2.60. The number of aromatic carboxylic acids is 1. The molecule has 0 heterocycles. The molecule has 7 heteroatoms. The number of hydrogen-bond donors (Lipinski definition) is 2. The van der Waals surface area contributed by atoms with E-state index in [1.807, 2.05) is 0 Å². The Morgan fingerprint density at radius 3 is 2.42 bits per heavy atom. The maximum Gasteiger partial charge on any atom is 0.405 e. The molecule has 0 amide bonds. The fourth-order valence-electron chi connectivity index (χ4n) is 1.73. The molecule has 1 aromatic rings. The maximum absolute atomic E-state index is 12.5. The molecule has 0 saturated heterocycles. The van der Waals surface area contributed by atoms with Crippen molar-refractivity contribution in [3.05, 3.63) is 23.8 Å². The molecule has 0 unspecified atom stereocenters. The first-order chi connectivity index (χ1) is 8.63. The molecule has 19 heavy (non-hydrogen) atoms. The number of nitrogens with zero attached hydrogens (tertiary/aromatic N) is 1. The molecule has 0 aliphatic heterocycles. The van der Waals surface area contributed by atoms with Crippen molar-refractivity contribution in [3.8, 4) is 0 Å². The van der Waals surface area contributed by atoms with Crippen LogP contribution in [-0.2, 0) is 0 Å². The van der Waals surface area contributed by atoms with Gasteiger partial charge in [0.05, 0.1) is 16.9 Å². The van der Waals surface area contributed by atoms with Crippen molar-refractivity contribution in [1.82, 2.24) is 0 Å². The van der Waals surface area contributed by atoms with Crippen molar-refractivity contribution in [1.29, 1.82) is 0 Å². The SMILES string of the molecule is CC(C)N(CC(F)(F)F)c1cccc(C(=O)O)c1N. The van der Waals surface area contributed by atoms with Crippen molar-refractivity contribution in [3.63, 3.8) is 0 Å². The van der Waals surface area contributed by atoms with E-state index in [1.54, 1.807) is 13.8 Å². The number of carboxylic acid groups (broad SMARTS) is 1. The Labute approximate surface area is 108 Å². The topological polar surface area (TPSA) is 66.6 Å². The number of hydrogen-bond acceptors (Lipinski definition) is 3. The Hall–Kier alpha value is -1.92. The molecule has 1 rings (SSSR count). The Bertz CT molecular complexity index is 473. The lowest BCUT2D eigenvalue weighted by molar-refractivity contribution is -0.120. The molecule has 0 saturated carbocycles. The van der Waals surface area contributed by atoms with Crippen LogP contribution >= 0.6 is 0 Å². The number of anilines is 2. The van der Waals surface area contributed by atoms with Crippen molar-refractivity contribution >= 4 is 17.3 Å². The highest BCUT2D eigenvalue weighted by Gasteiger charge is 2.33. The molecule has 1 aromatic carbocycles. The summed E-state index contributed by atoms with van der Waals surface area (Å²) in [7, 11) is 0. The molecular formula is C12H15F3N2O2. The molecule has 4 nitrogen and oxygen atoms in total. The van der Waals surface area contributed by atoms with Crippen LogP contribution in [0, 0.1) is 0 Å². The molecule has 0 aromatic heterocycles. The first-order valence-corrected chi connectivity index (χ1v) is 5.58. The number of halogens is 3. The Kier molecular flexibility index (Phi) is 4.28. The van der Waals surface area contributed by atoms with Crippen LogP contribution in [0.15, 0.2) is 18.2 Å². The highest BCUT2D eigenvalue weighted by Crippen LogP contribution is 2.31. The molecule has 0 atom stereocenters. The average molecular weight is 276 g/mol. The summed E-state index contributed by atoms with van der Waals surface area (Å²) in [6.07, 6.45) is -4.39. The average Bonchev–Trinajstić information content (AvgIpc) is 2.24. The molecule has 0 radical (unpaired) electrons. The van der Waals surface area contributed by atoms with E-state index in [1.165, 1.54) is 18.2 Å². The van der Waals surface area contributed by atoms with Gasteiger partial charge in [-0.25, -0.2) is 4.79 Å². The van der Waals surface area contributed by atoms with Gasteiger partial charge < -0.3 is 15.7 Å². The zero-order valence-electron chi connectivity index (χ0n) is 10.5. The second-order valence-electron chi connectivity index (χ2n) is 4.38. The number of para-hydroxylation sites is 1. The first-order valence-electron chi connectivity index (χ1n) is 5.58. The van der Waals surface area contributed by atoms with Crippen LogP contribution in [0.2, 0.25) is 0 Å². The molecule has 106 valence electrons. The van der Waals surface area contributed by atoms with Crippen LogP contribution in [0.1, 0.15) is 24.2 Å². The zero-order chi connectivity index (χ0) is 14.8. The standard InChI is InChI=1S/C12H15F3N2O2/c1-7(2)17(6-12(13,14)15)9-5-3-4-8(10(9)16)11(18)19/h3-5,7H,6,16H2,1-2H3,(H,18,19). The normalized spacial score (nSPS) is 11.7. The maximum atomic E-state index is 12.5. The number of benzene rings is 1. The fourth-order valence-corrected chi connectivity index (χ4v) is 1.73. The summed E-state index contributed by atoms with van der Waals surface area (Å²) < 4.78 is 37.6. The summed E-state index contributed by atoms with van der Waals surface area (Å²) in [5.41, 5.74) is 5.37. The highest BCUT2D eigenvalue weighted by molar-refractivity contribution is 5.97. The lowest BCUT2D eigenvalue weighted by atomic mass is 10.1. The minimum absolute atomic E-state index is 0.0761. The zero-order valence-corrected chi connectivity index (χ0v) is 10.5. The number of alkyl halides is 3. The van der Waals surface area contributed by atoms with Gasteiger partial charge in [-0.3, -0.25) is 0 Å². The monoisotopic (exact) mass is 276 g/mol. The molecule has 0 aliphatic carbocycles. The molecule has 3 N–H and O–H groups in total. The van der Waals surface area contributed by atoms with Gasteiger partial charge in [0.1, 0.15) is 6.54 Å². The summed E-state index contributed by atoms with van der Waals surface area (Å²) in [5.74, 6) is -1.27. The highest BCUT2D eigenvalue weighted by atomic mass is 19.4. The molecule has 0 bridgehead atoms. The minimum atomic E-state index is -4.39. The van der Waals surface area contributed by atoms with E-state index in [0.717, 1.165) is 4.90 Å². The lowest BCUT2D eigenvalue weighted by Crippen LogP contribution is -2.39. The molecule has 0 spiro atoms. The van der Waals surface area contributed by atoms with Crippen LogP contribution in [0.25, 0.3) is 0 Å². The Morgan fingerprint density at radius 1 is 1.42 bits per heavy atom. The van der Waals surface area contributed by atoms with Gasteiger partial charge in [-0.1, -0.05) is 6.07 Å². The van der Waals surface area contributed by atoms with Gasteiger partial charge in [-0.05, 0) is 26.0 Å². The Balaban J connectivity index is 3.24. The van der Waals surface area contributed by atoms with E-state index in [2.05, 4.69) is 0 Å². The van der Waals surface area contributed by atoms with Gasteiger partial charge in [0, 0.05) is 6.04 Å². The predicted molar refractivity (Wildman–Crippen MR) is 66.4 cm³/mol. The van der Waals surface area contributed by atoms with Crippen LogP contribution in [0.5, 0.6) is 0 Å². The summed E-state index contributed by atoms with van der Waals surface area (Å²) >= 11 is 0. The smallest absolute Gasteiger partial charge is 0.405 e. The van der Waals surface area contributed by atoms with E-state index in [0.29, 0.717) is 0 Å². The van der Waals surface area contributed by atoms with Crippen LogP contribution in [-0.4, -0.2) is 29.8 Å². The number of nitrogen functional groups attached to an aromatic ring is 1.